The molecule has 0 saturated heterocycles. The van der Waals surface area contributed by atoms with Crippen molar-refractivity contribution in [3.8, 4) is 6.07 Å². The number of thioether (sulfide) groups is 1. The molecule has 90 valence electrons. The summed E-state index contributed by atoms with van der Waals surface area (Å²) < 4.78 is 13.2. The van der Waals surface area contributed by atoms with Gasteiger partial charge in [-0.3, -0.25) is 0 Å². The molecular weight excluding hydrogens is 249 g/mol. The van der Waals surface area contributed by atoms with Gasteiger partial charge in [-0.1, -0.05) is 6.07 Å². The van der Waals surface area contributed by atoms with Gasteiger partial charge in [0.2, 0.25) is 0 Å². The van der Waals surface area contributed by atoms with Gasteiger partial charge in [-0.15, -0.1) is 11.8 Å². The van der Waals surface area contributed by atoms with Crippen LogP contribution in [0.15, 0.2) is 41.4 Å². The average molecular weight is 259 g/mol. The molecule has 3 nitrogen and oxygen atoms in total. The van der Waals surface area contributed by atoms with Crippen LogP contribution in [0.25, 0.3) is 0 Å². The van der Waals surface area contributed by atoms with Crippen molar-refractivity contribution in [3.05, 3.63) is 53.6 Å². The minimum atomic E-state index is -0.424. The molecule has 0 radical (unpaired) electrons. The molecule has 0 amide bonds. The van der Waals surface area contributed by atoms with Crippen molar-refractivity contribution in [1.29, 1.82) is 5.26 Å². The Hall–Kier alpha value is -2.06. The number of pyridine rings is 1. The summed E-state index contributed by atoms with van der Waals surface area (Å²) in [5, 5.41) is 8.90. The largest absolute Gasteiger partial charge is 0.396 e. The number of anilines is 1. The van der Waals surface area contributed by atoms with Crippen LogP contribution in [0, 0.1) is 17.1 Å². The maximum absolute atomic E-state index is 13.2. The fourth-order valence-corrected chi connectivity index (χ4v) is 2.32. The summed E-state index contributed by atoms with van der Waals surface area (Å²) in [6, 6.07) is 10.3. The van der Waals surface area contributed by atoms with Gasteiger partial charge in [-0.2, -0.15) is 5.26 Å². The lowest BCUT2D eigenvalue weighted by Crippen LogP contribution is -1.92. The molecule has 18 heavy (non-hydrogen) atoms. The summed E-state index contributed by atoms with van der Waals surface area (Å²) in [7, 11) is 0. The predicted octanol–water partition coefficient (Wildman–Crippen LogP) is 2.97. The van der Waals surface area contributed by atoms with E-state index < -0.39 is 5.82 Å². The number of halogens is 1. The van der Waals surface area contributed by atoms with Gasteiger partial charge in [-0.25, -0.2) is 9.37 Å². The maximum atomic E-state index is 13.2. The Kier molecular flexibility index (Phi) is 3.80. The van der Waals surface area contributed by atoms with Gasteiger partial charge in [0.15, 0.2) is 0 Å². The zero-order valence-electron chi connectivity index (χ0n) is 9.43. The van der Waals surface area contributed by atoms with E-state index in [1.165, 1.54) is 23.9 Å². The Morgan fingerprint density at radius 2 is 2.22 bits per heavy atom. The van der Waals surface area contributed by atoms with Gasteiger partial charge in [0, 0.05) is 16.8 Å². The number of nitrogens with zero attached hydrogens (tertiary/aromatic N) is 2. The first-order valence-electron chi connectivity index (χ1n) is 5.22. The number of rotatable bonds is 3. The summed E-state index contributed by atoms with van der Waals surface area (Å²) in [5.41, 5.74) is 6.78. The van der Waals surface area contributed by atoms with Crippen molar-refractivity contribution in [1.82, 2.24) is 4.98 Å². The highest BCUT2D eigenvalue weighted by Crippen LogP contribution is 2.26. The Morgan fingerprint density at radius 3 is 2.94 bits per heavy atom. The van der Waals surface area contributed by atoms with Gasteiger partial charge < -0.3 is 5.73 Å². The molecule has 1 heterocycles. The highest BCUT2D eigenvalue weighted by Gasteiger charge is 2.05. The zero-order chi connectivity index (χ0) is 13.0. The topological polar surface area (TPSA) is 62.7 Å². The van der Waals surface area contributed by atoms with E-state index in [0.29, 0.717) is 11.4 Å². The molecule has 0 atom stereocenters. The molecule has 0 unspecified atom stereocenters. The van der Waals surface area contributed by atoms with E-state index in [9.17, 15) is 4.39 Å². The van der Waals surface area contributed by atoms with Crippen LogP contribution in [0.4, 0.5) is 10.1 Å². The Balaban J connectivity index is 2.12. The monoisotopic (exact) mass is 259 g/mol. The van der Waals surface area contributed by atoms with Crippen molar-refractivity contribution in [2.24, 2.45) is 0 Å². The second kappa shape index (κ2) is 5.52. The van der Waals surface area contributed by atoms with E-state index in [2.05, 4.69) is 4.98 Å². The molecule has 0 fully saturated rings. The summed E-state index contributed by atoms with van der Waals surface area (Å²) >= 11 is 1.44. The molecule has 1 aromatic carbocycles. The fourth-order valence-electron chi connectivity index (χ4n) is 1.41. The van der Waals surface area contributed by atoms with E-state index in [0.717, 1.165) is 10.5 Å². The van der Waals surface area contributed by atoms with Gasteiger partial charge in [0.1, 0.15) is 17.6 Å². The predicted molar refractivity (Wildman–Crippen MR) is 69.3 cm³/mol. The molecule has 0 aliphatic carbocycles. The third-order valence-corrected chi connectivity index (χ3v) is 3.41. The summed E-state index contributed by atoms with van der Waals surface area (Å²) in [6.45, 7) is 0. The summed E-state index contributed by atoms with van der Waals surface area (Å²) in [4.78, 5) is 4.75. The lowest BCUT2D eigenvalue weighted by Gasteiger charge is -2.04. The standard InChI is InChI=1S/C13H10FN3S/c14-11-6-10(3-4-12(11)16)18-8-9-2-1-5-17-13(9)7-15/h1-6H,8,16H2. The molecule has 0 spiro atoms. The Bertz CT molecular complexity index is 607. The van der Waals surface area contributed by atoms with Crippen LogP contribution < -0.4 is 5.73 Å². The van der Waals surface area contributed by atoms with E-state index >= 15 is 0 Å². The number of nitrogen functional groups attached to an aromatic ring is 1. The van der Waals surface area contributed by atoms with Gasteiger partial charge >= 0.3 is 0 Å². The smallest absolute Gasteiger partial charge is 0.147 e. The first-order chi connectivity index (χ1) is 8.70. The molecule has 0 bridgehead atoms. The molecule has 0 aliphatic heterocycles. The van der Waals surface area contributed by atoms with Gasteiger partial charge in [0.25, 0.3) is 0 Å². The highest BCUT2D eigenvalue weighted by atomic mass is 32.2. The molecule has 1 aromatic heterocycles. The number of aromatic nitrogens is 1. The molecule has 2 N–H and O–H groups in total. The maximum Gasteiger partial charge on any atom is 0.147 e. The SMILES string of the molecule is N#Cc1ncccc1CSc1ccc(N)c(F)c1. The molecular formula is C13H10FN3S. The second-order valence-corrected chi connectivity index (χ2v) is 4.64. The number of nitriles is 1. The quantitative estimate of drug-likeness (QED) is 0.680. The van der Waals surface area contributed by atoms with Crippen molar-refractivity contribution >= 4 is 17.4 Å². The van der Waals surface area contributed by atoms with Crippen LogP contribution in [-0.4, -0.2) is 4.98 Å². The van der Waals surface area contributed by atoms with Crippen LogP contribution in [0.3, 0.4) is 0 Å². The first kappa shape index (κ1) is 12.4. The van der Waals surface area contributed by atoms with Crippen molar-refractivity contribution < 1.29 is 4.39 Å². The van der Waals surface area contributed by atoms with E-state index in [4.69, 9.17) is 11.0 Å². The number of benzene rings is 1. The lowest BCUT2D eigenvalue weighted by molar-refractivity contribution is 0.629. The normalized spacial score (nSPS) is 10.0. The fraction of sp³-hybridized carbons (Fsp3) is 0.0769. The van der Waals surface area contributed by atoms with Crippen LogP contribution in [0.2, 0.25) is 0 Å². The van der Waals surface area contributed by atoms with E-state index in [1.807, 2.05) is 12.1 Å². The van der Waals surface area contributed by atoms with E-state index in [-0.39, 0.29) is 5.69 Å². The van der Waals surface area contributed by atoms with Gasteiger partial charge in [0.05, 0.1) is 5.69 Å². The van der Waals surface area contributed by atoms with Crippen molar-refractivity contribution in [2.75, 3.05) is 5.73 Å². The van der Waals surface area contributed by atoms with Crippen LogP contribution in [-0.2, 0) is 5.75 Å². The average Bonchev–Trinajstić information content (AvgIpc) is 2.40. The highest BCUT2D eigenvalue weighted by molar-refractivity contribution is 7.98. The molecule has 0 aliphatic rings. The van der Waals surface area contributed by atoms with E-state index in [1.54, 1.807) is 18.3 Å². The van der Waals surface area contributed by atoms with Crippen molar-refractivity contribution in [2.45, 2.75) is 10.6 Å². The summed E-state index contributed by atoms with van der Waals surface area (Å²) in [6.07, 6.45) is 1.58. The van der Waals surface area contributed by atoms with Crippen molar-refractivity contribution in [3.63, 3.8) is 0 Å². The number of hydrogen-bond acceptors (Lipinski definition) is 4. The zero-order valence-corrected chi connectivity index (χ0v) is 10.2. The van der Waals surface area contributed by atoms with Crippen LogP contribution in [0.1, 0.15) is 11.3 Å². The van der Waals surface area contributed by atoms with Crippen LogP contribution in [0.5, 0.6) is 0 Å². The second-order valence-electron chi connectivity index (χ2n) is 3.59. The lowest BCUT2D eigenvalue weighted by atomic mass is 10.2. The Morgan fingerprint density at radius 1 is 1.39 bits per heavy atom. The molecule has 0 saturated carbocycles. The number of nitrogens with two attached hydrogens (primary N) is 1. The van der Waals surface area contributed by atoms with Gasteiger partial charge in [-0.05, 0) is 29.8 Å². The number of hydrogen-bond donors (Lipinski definition) is 1. The molecule has 2 aromatic rings. The third kappa shape index (κ3) is 2.79. The molecule has 2 rings (SSSR count). The minimum Gasteiger partial charge on any atom is -0.396 e. The molecule has 5 heteroatoms. The minimum absolute atomic E-state index is 0.137. The third-order valence-electron chi connectivity index (χ3n) is 2.36. The first-order valence-corrected chi connectivity index (χ1v) is 6.21. The summed E-state index contributed by atoms with van der Waals surface area (Å²) in [5.74, 6) is 0.145. The Labute approximate surface area is 108 Å². The van der Waals surface area contributed by atoms with Crippen LogP contribution >= 0.6 is 11.8 Å².